The molecule has 0 aliphatic heterocycles. The first-order valence-electron chi connectivity index (χ1n) is 15.9. The predicted octanol–water partition coefficient (Wildman–Crippen LogP) is 10.6. The van der Waals surface area contributed by atoms with Crippen molar-refractivity contribution < 1.29 is 28.7 Å². The van der Waals surface area contributed by atoms with Gasteiger partial charge < -0.3 is 20.1 Å². The normalized spacial score (nSPS) is 10.4. The molecule has 2 N–H and O–H groups in total. The minimum atomic E-state index is -0.574. The first-order chi connectivity index (χ1) is 26.0. The second kappa shape index (κ2) is 17.2. The molecule has 2 amide bonds. The summed E-state index contributed by atoms with van der Waals surface area (Å²) in [6.07, 6.45) is 0. The summed E-state index contributed by atoms with van der Waals surface area (Å²) < 4.78 is 11.0. The highest BCUT2D eigenvalue weighted by Gasteiger charge is 2.15. The third-order valence-corrected chi connectivity index (χ3v) is 8.68. The first-order valence-corrected chi connectivity index (χ1v) is 17.4. The molecule has 0 aromatic heterocycles. The molecular formula is C42H24Cl4N2O6. The molecule has 0 heterocycles. The van der Waals surface area contributed by atoms with Crippen LogP contribution in [0.1, 0.15) is 52.6 Å². The zero-order valence-electron chi connectivity index (χ0n) is 27.7. The highest BCUT2D eigenvalue weighted by Crippen LogP contribution is 2.24. The Hall–Kier alpha value is -6.08. The Morgan fingerprint density at radius 3 is 1.13 bits per heavy atom. The van der Waals surface area contributed by atoms with Gasteiger partial charge in [-0.15, -0.1) is 0 Å². The number of nitrogens with one attached hydrogen (secondary N) is 2. The average molecular weight is 794 g/mol. The van der Waals surface area contributed by atoms with Gasteiger partial charge in [0.2, 0.25) is 0 Å². The minimum Gasteiger partial charge on any atom is -0.423 e. The predicted molar refractivity (Wildman–Crippen MR) is 210 cm³/mol. The molecule has 0 atom stereocenters. The van der Waals surface area contributed by atoms with Gasteiger partial charge in [-0.05, 0) is 133 Å². The molecule has 0 saturated heterocycles. The molecule has 0 radical (unpaired) electrons. The van der Waals surface area contributed by atoms with Crippen LogP contribution in [0.25, 0.3) is 0 Å². The lowest BCUT2D eigenvalue weighted by molar-refractivity contribution is 0.0725. The maximum Gasteiger partial charge on any atom is 0.343 e. The number of anilines is 2. The van der Waals surface area contributed by atoms with E-state index in [0.29, 0.717) is 44.0 Å². The highest BCUT2D eigenvalue weighted by molar-refractivity contribution is 6.38. The van der Waals surface area contributed by atoms with E-state index in [4.69, 9.17) is 55.9 Å². The standard InChI is InChI=1S/C42H24Cl4N2O6/c43-29-11-21-35(37(45)23-29)39(49)47-31-13-7-27(8-14-31)41(51)53-33-17-3-25(4-18-33)1-2-26-5-19-34(20-6-26)54-42(52)28-9-15-32(16-10-28)48-40(50)36-22-12-30(44)24-38(36)46/h3-24H,(H,47,49)(H,48,50). The monoisotopic (exact) mass is 792 g/mol. The van der Waals surface area contributed by atoms with Crippen molar-refractivity contribution in [3.63, 3.8) is 0 Å². The van der Waals surface area contributed by atoms with Crippen LogP contribution in [0.5, 0.6) is 11.5 Å². The van der Waals surface area contributed by atoms with Gasteiger partial charge in [0.15, 0.2) is 0 Å². The van der Waals surface area contributed by atoms with E-state index in [0.717, 1.165) is 0 Å². The fraction of sp³-hybridized carbons (Fsp3) is 0. The van der Waals surface area contributed by atoms with E-state index in [1.807, 2.05) is 0 Å². The fourth-order valence-electron chi connectivity index (χ4n) is 4.81. The summed E-state index contributed by atoms with van der Waals surface area (Å²) in [6.45, 7) is 0. The van der Waals surface area contributed by atoms with Crippen LogP contribution < -0.4 is 20.1 Å². The second-order valence-electron chi connectivity index (χ2n) is 11.4. The molecule has 54 heavy (non-hydrogen) atoms. The van der Waals surface area contributed by atoms with Crippen molar-refractivity contribution in [2.24, 2.45) is 0 Å². The van der Waals surface area contributed by atoms with Crippen molar-refractivity contribution >= 4 is 81.5 Å². The lowest BCUT2D eigenvalue weighted by Crippen LogP contribution is -2.13. The number of hydrogen-bond acceptors (Lipinski definition) is 6. The molecule has 6 aromatic rings. The van der Waals surface area contributed by atoms with Gasteiger partial charge in [-0.1, -0.05) is 58.2 Å². The Morgan fingerprint density at radius 1 is 0.444 bits per heavy atom. The van der Waals surface area contributed by atoms with Crippen molar-refractivity contribution in [2.75, 3.05) is 10.6 Å². The number of esters is 2. The van der Waals surface area contributed by atoms with E-state index >= 15 is 0 Å². The Morgan fingerprint density at radius 2 is 0.796 bits per heavy atom. The van der Waals surface area contributed by atoms with E-state index in [1.165, 1.54) is 48.5 Å². The van der Waals surface area contributed by atoms with E-state index < -0.39 is 23.8 Å². The third kappa shape index (κ3) is 9.86. The maximum absolute atomic E-state index is 12.7. The summed E-state index contributed by atoms with van der Waals surface area (Å²) in [7, 11) is 0. The largest absolute Gasteiger partial charge is 0.423 e. The van der Waals surface area contributed by atoms with Crippen molar-refractivity contribution in [3.8, 4) is 23.3 Å². The third-order valence-electron chi connectivity index (χ3n) is 7.59. The van der Waals surface area contributed by atoms with Crippen LogP contribution in [0.15, 0.2) is 133 Å². The zero-order chi connectivity index (χ0) is 38.2. The van der Waals surface area contributed by atoms with Crippen molar-refractivity contribution in [2.45, 2.75) is 0 Å². The molecule has 266 valence electrons. The summed E-state index contributed by atoms with van der Waals surface area (Å²) in [5, 5.41) is 6.74. The molecule has 8 nitrogen and oxygen atoms in total. The first kappa shape index (κ1) is 37.7. The summed E-state index contributed by atoms with van der Waals surface area (Å²) in [4.78, 5) is 50.5. The fourth-order valence-corrected chi connectivity index (χ4v) is 5.80. The van der Waals surface area contributed by atoms with Gasteiger partial charge in [0.25, 0.3) is 11.8 Å². The van der Waals surface area contributed by atoms with Crippen LogP contribution in [-0.4, -0.2) is 23.8 Å². The number of hydrogen-bond donors (Lipinski definition) is 2. The van der Waals surface area contributed by atoms with Crippen LogP contribution in [0.4, 0.5) is 11.4 Å². The second-order valence-corrected chi connectivity index (χ2v) is 13.1. The molecule has 0 spiro atoms. The number of halogens is 4. The molecule has 0 aliphatic rings. The molecule has 12 heteroatoms. The van der Waals surface area contributed by atoms with Crippen LogP contribution in [-0.2, 0) is 0 Å². The van der Waals surface area contributed by atoms with E-state index in [9.17, 15) is 19.2 Å². The minimum absolute atomic E-state index is 0.223. The summed E-state index contributed by atoms with van der Waals surface area (Å²) in [5.41, 5.74) is 3.41. The number of rotatable bonds is 8. The van der Waals surface area contributed by atoms with Crippen molar-refractivity contribution in [1.82, 2.24) is 0 Å². The molecule has 6 aromatic carbocycles. The quantitative estimate of drug-likeness (QED) is 0.0902. The van der Waals surface area contributed by atoms with Gasteiger partial charge >= 0.3 is 11.9 Å². The van der Waals surface area contributed by atoms with Crippen LogP contribution in [0, 0.1) is 11.8 Å². The Labute approximate surface area is 329 Å². The molecule has 0 unspecified atom stereocenters. The Bertz CT molecular complexity index is 2270. The van der Waals surface area contributed by atoms with Gasteiger partial charge in [-0.25, -0.2) is 9.59 Å². The molecule has 0 bridgehead atoms. The number of carbonyl (C=O) groups is 4. The SMILES string of the molecule is O=C(Oc1ccc(C#Cc2ccc(OC(=O)c3ccc(NC(=O)c4ccc(Cl)cc4Cl)cc3)cc2)cc1)c1ccc(NC(=O)c2ccc(Cl)cc2Cl)cc1. The number of benzene rings is 6. The molecular weight excluding hydrogens is 770 g/mol. The molecule has 0 fully saturated rings. The van der Waals surface area contributed by atoms with Crippen LogP contribution >= 0.6 is 46.4 Å². The summed E-state index contributed by atoms with van der Waals surface area (Å²) >= 11 is 24.0. The Balaban J connectivity index is 0.978. The van der Waals surface area contributed by atoms with E-state index in [-0.39, 0.29) is 32.3 Å². The van der Waals surface area contributed by atoms with Gasteiger partial charge in [0, 0.05) is 32.5 Å². The van der Waals surface area contributed by atoms with E-state index in [2.05, 4.69) is 22.5 Å². The Kier molecular flexibility index (Phi) is 12.0. The van der Waals surface area contributed by atoms with Crippen LogP contribution in [0.3, 0.4) is 0 Å². The highest BCUT2D eigenvalue weighted by atomic mass is 35.5. The topological polar surface area (TPSA) is 111 Å². The molecule has 0 aliphatic carbocycles. The van der Waals surface area contributed by atoms with E-state index in [1.54, 1.807) is 84.9 Å². The smallest absolute Gasteiger partial charge is 0.343 e. The van der Waals surface area contributed by atoms with Crippen LogP contribution in [0.2, 0.25) is 20.1 Å². The number of carbonyl (C=O) groups excluding carboxylic acids is 4. The zero-order valence-corrected chi connectivity index (χ0v) is 30.7. The molecule has 6 rings (SSSR count). The van der Waals surface area contributed by atoms with Gasteiger partial charge in [0.05, 0.1) is 32.3 Å². The van der Waals surface area contributed by atoms with Gasteiger partial charge in [-0.2, -0.15) is 0 Å². The van der Waals surface area contributed by atoms with Gasteiger partial charge in [0.1, 0.15) is 11.5 Å². The maximum atomic E-state index is 12.7. The lowest BCUT2D eigenvalue weighted by atomic mass is 10.1. The van der Waals surface area contributed by atoms with Crippen molar-refractivity contribution in [3.05, 3.63) is 187 Å². The number of ether oxygens (including phenoxy) is 2. The van der Waals surface area contributed by atoms with Gasteiger partial charge in [-0.3, -0.25) is 9.59 Å². The summed E-state index contributed by atoms with van der Waals surface area (Å²) in [5.74, 6) is 4.76. The lowest BCUT2D eigenvalue weighted by Gasteiger charge is -2.08. The van der Waals surface area contributed by atoms with Crippen molar-refractivity contribution in [1.29, 1.82) is 0 Å². The molecule has 0 saturated carbocycles. The average Bonchev–Trinajstić information content (AvgIpc) is 3.15. The number of amides is 2. The summed E-state index contributed by atoms with van der Waals surface area (Å²) in [6, 6.07) is 35.0.